The number of esters is 1. The third-order valence-electron chi connectivity index (χ3n) is 3.72. The molecule has 1 fully saturated rings. The van der Waals surface area contributed by atoms with E-state index in [2.05, 4.69) is 0 Å². The molecule has 1 atom stereocenters. The quantitative estimate of drug-likeness (QED) is 0.819. The van der Waals surface area contributed by atoms with Gasteiger partial charge in [0.2, 0.25) is 6.04 Å². The Labute approximate surface area is 109 Å². The van der Waals surface area contributed by atoms with Crippen LogP contribution in [0.1, 0.15) is 37.3 Å². The first-order chi connectivity index (χ1) is 8.83. The van der Waals surface area contributed by atoms with Crippen molar-refractivity contribution >= 4 is 5.97 Å². The van der Waals surface area contributed by atoms with Crippen molar-refractivity contribution in [1.82, 2.24) is 0 Å². The van der Waals surface area contributed by atoms with Gasteiger partial charge in [-0.3, -0.25) is 0 Å². The molecule has 0 amide bonds. The van der Waals surface area contributed by atoms with Crippen molar-refractivity contribution in [1.29, 1.82) is 0 Å². The molecular weight excluding hydrogens is 226 g/mol. The zero-order valence-corrected chi connectivity index (χ0v) is 11.0. The van der Waals surface area contributed by atoms with Crippen molar-refractivity contribution in [2.45, 2.75) is 31.7 Å². The lowest BCUT2D eigenvalue weighted by molar-refractivity contribution is -0.922. The minimum atomic E-state index is -0.158. The van der Waals surface area contributed by atoms with Crippen LogP contribution in [0.2, 0.25) is 0 Å². The lowest BCUT2D eigenvalue weighted by Gasteiger charge is -2.25. The Kier molecular flexibility index (Phi) is 4.76. The lowest BCUT2D eigenvalue weighted by Crippen LogP contribution is -3.13. The number of hydrogen-bond acceptors (Lipinski definition) is 2. The molecule has 0 saturated carbocycles. The number of carbonyl (C=O) groups is 1. The number of quaternary nitrogens is 1. The molecule has 2 rings (SSSR count). The first-order valence-corrected chi connectivity index (χ1v) is 6.80. The molecular formula is C15H22NO2+. The highest BCUT2D eigenvalue weighted by Gasteiger charge is 2.32. The molecule has 1 unspecified atom stereocenters. The van der Waals surface area contributed by atoms with Gasteiger partial charge in [0.15, 0.2) is 0 Å². The van der Waals surface area contributed by atoms with Gasteiger partial charge >= 0.3 is 5.97 Å². The van der Waals surface area contributed by atoms with E-state index in [9.17, 15) is 4.79 Å². The van der Waals surface area contributed by atoms with Crippen molar-refractivity contribution in [3.63, 3.8) is 0 Å². The van der Waals surface area contributed by atoms with Crippen LogP contribution >= 0.6 is 0 Å². The number of rotatable bonds is 3. The van der Waals surface area contributed by atoms with E-state index < -0.39 is 0 Å². The minimum absolute atomic E-state index is 0.113. The van der Waals surface area contributed by atoms with Crippen LogP contribution in [0.15, 0.2) is 30.3 Å². The molecule has 1 N–H and O–H groups in total. The van der Waals surface area contributed by atoms with Gasteiger partial charge < -0.3 is 9.64 Å². The average Bonchev–Trinajstić information content (AvgIpc) is 2.69. The van der Waals surface area contributed by atoms with E-state index in [1.165, 1.54) is 37.7 Å². The Morgan fingerprint density at radius 3 is 2.28 bits per heavy atom. The number of hydrogen-bond donors (Lipinski definition) is 1. The van der Waals surface area contributed by atoms with Crippen molar-refractivity contribution in [3.8, 4) is 0 Å². The van der Waals surface area contributed by atoms with E-state index in [1.54, 1.807) is 0 Å². The second-order valence-corrected chi connectivity index (χ2v) is 4.94. The van der Waals surface area contributed by atoms with E-state index >= 15 is 0 Å². The minimum Gasteiger partial charge on any atom is -0.464 e. The summed E-state index contributed by atoms with van der Waals surface area (Å²) in [6.45, 7) is 2.13. The molecule has 1 aromatic carbocycles. The molecule has 1 aliphatic rings. The number of likely N-dealkylation sites (tertiary alicyclic amines) is 1. The van der Waals surface area contributed by atoms with Crippen LogP contribution < -0.4 is 4.90 Å². The van der Waals surface area contributed by atoms with Gasteiger partial charge in [-0.15, -0.1) is 0 Å². The molecule has 1 heterocycles. The molecule has 18 heavy (non-hydrogen) atoms. The van der Waals surface area contributed by atoms with Crippen LogP contribution in [0.4, 0.5) is 0 Å². The fourth-order valence-electron chi connectivity index (χ4n) is 2.77. The van der Waals surface area contributed by atoms with Gasteiger partial charge in [0.25, 0.3) is 0 Å². The molecule has 3 heteroatoms. The summed E-state index contributed by atoms with van der Waals surface area (Å²) in [4.78, 5) is 13.4. The molecule has 1 aromatic rings. The van der Waals surface area contributed by atoms with Crippen LogP contribution in [0, 0.1) is 0 Å². The van der Waals surface area contributed by atoms with Crippen molar-refractivity contribution in [2.75, 3.05) is 20.2 Å². The highest BCUT2D eigenvalue weighted by atomic mass is 16.5. The smallest absolute Gasteiger partial charge is 0.369 e. The zero-order valence-electron chi connectivity index (χ0n) is 11.0. The van der Waals surface area contributed by atoms with E-state index in [1.807, 2.05) is 30.3 Å². The predicted octanol–water partition coefficient (Wildman–Crippen LogP) is 1.36. The topological polar surface area (TPSA) is 30.7 Å². The van der Waals surface area contributed by atoms with Gasteiger partial charge in [-0.2, -0.15) is 0 Å². The highest BCUT2D eigenvalue weighted by Crippen LogP contribution is 2.12. The predicted molar refractivity (Wildman–Crippen MR) is 70.4 cm³/mol. The Morgan fingerprint density at radius 1 is 1.11 bits per heavy atom. The number of nitrogens with one attached hydrogen (secondary N) is 1. The molecule has 0 aromatic heterocycles. The molecule has 0 aliphatic carbocycles. The van der Waals surface area contributed by atoms with Gasteiger partial charge in [0.1, 0.15) is 0 Å². The first-order valence-electron chi connectivity index (χ1n) is 6.80. The third-order valence-corrected chi connectivity index (χ3v) is 3.72. The molecule has 3 nitrogen and oxygen atoms in total. The SMILES string of the molecule is COC(=O)C(c1ccccc1)[NH+]1CCCCCC1. The number of carbonyl (C=O) groups excluding carboxylic acids is 1. The Balaban J connectivity index is 2.21. The largest absolute Gasteiger partial charge is 0.464 e. The summed E-state index contributed by atoms with van der Waals surface area (Å²) in [5.74, 6) is -0.113. The number of benzene rings is 1. The van der Waals surface area contributed by atoms with Gasteiger partial charge in [-0.25, -0.2) is 4.79 Å². The summed E-state index contributed by atoms with van der Waals surface area (Å²) in [5, 5.41) is 0. The third kappa shape index (κ3) is 3.10. The highest BCUT2D eigenvalue weighted by molar-refractivity contribution is 5.75. The fraction of sp³-hybridized carbons (Fsp3) is 0.533. The summed E-state index contributed by atoms with van der Waals surface area (Å²) in [6, 6.07) is 9.86. The summed E-state index contributed by atoms with van der Waals surface area (Å²) in [5.41, 5.74) is 1.07. The number of ether oxygens (including phenoxy) is 1. The van der Waals surface area contributed by atoms with E-state index in [4.69, 9.17) is 4.74 Å². The van der Waals surface area contributed by atoms with Crippen LogP contribution in [-0.4, -0.2) is 26.2 Å². The molecule has 0 bridgehead atoms. The van der Waals surface area contributed by atoms with E-state index in [0.29, 0.717) is 0 Å². The van der Waals surface area contributed by atoms with Crippen molar-refractivity contribution in [2.24, 2.45) is 0 Å². The van der Waals surface area contributed by atoms with Gasteiger partial charge in [-0.05, 0) is 25.7 Å². The maximum Gasteiger partial charge on any atom is 0.369 e. The molecule has 1 saturated heterocycles. The summed E-state index contributed by atoms with van der Waals surface area (Å²) in [7, 11) is 1.48. The molecule has 0 spiro atoms. The summed E-state index contributed by atoms with van der Waals surface area (Å²) in [6.07, 6.45) is 4.98. The molecule has 98 valence electrons. The van der Waals surface area contributed by atoms with Crippen molar-refractivity contribution in [3.05, 3.63) is 35.9 Å². The van der Waals surface area contributed by atoms with Gasteiger partial charge in [0, 0.05) is 5.56 Å². The first kappa shape index (κ1) is 13.1. The normalized spacial score (nSPS) is 18.9. The monoisotopic (exact) mass is 248 g/mol. The molecule has 1 aliphatic heterocycles. The van der Waals surface area contributed by atoms with Crippen LogP contribution in [0.25, 0.3) is 0 Å². The maximum atomic E-state index is 12.1. The second kappa shape index (κ2) is 6.55. The Morgan fingerprint density at radius 2 is 1.72 bits per heavy atom. The summed E-state index contributed by atoms with van der Waals surface area (Å²) >= 11 is 0. The lowest BCUT2D eigenvalue weighted by atomic mass is 10.1. The molecule has 0 radical (unpaired) electrons. The van der Waals surface area contributed by atoms with Gasteiger partial charge in [0.05, 0.1) is 20.2 Å². The van der Waals surface area contributed by atoms with Crippen LogP contribution in [0.5, 0.6) is 0 Å². The van der Waals surface area contributed by atoms with Crippen molar-refractivity contribution < 1.29 is 14.4 Å². The van der Waals surface area contributed by atoms with Crippen LogP contribution in [-0.2, 0) is 9.53 Å². The fourth-order valence-corrected chi connectivity index (χ4v) is 2.77. The average molecular weight is 248 g/mol. The number of methoxy groups -OCH3 is 1. The maximum absolute atomic E-state index is 12.1. The van der Waals surface area contributed by atoms with E-state index in [0.717, 1.165) is 18.7 Å². The second-order valence-electron chi connectivity index (χ2n) is 4.94. The Hall–Kier alpha value is -1.35. The zero-order chi connectivity index (χ0) is 12.8. The van der Waals surface area contributed by atoms with Gasteiger partial charge in [-0.1, -0.05) is 30.3 Å². The summed E-state index contributed by atoms with van der Waals surface area (Å²) < 4.78 is 5.00. The standard InChI is InChI=1S/C15H21NO2/c1-18-15(17)14(13-9-5-4-6-10-13)16-11-7-2-3-8-12-16/h4-6,9-10,14H,2-3,7-8,11-12H2,1H3/p+1. The van der Waals surface area contributed by atoms with Crippen LogP contribution in [0.3, 0.4) is 0 Å². The van der Waals surface area contributed by atoms with E-state index in [-0.39, 0.29) is 12.0 Å². The Bertz CT molecular complexity index is 369.